The van der Waals surface area contributed by atoms with Gasteiger partial charge in [0.25, 0.3) is 7.82 Å². The summed E-state index contributed by atoms with van der Waals surface area (Å²) in [6, 6.07) is -0.905. The van der Waals surface area contributed by atoms with Crippen molar-refractivity contribution >= 4 is 13.7 Å². The van der Waals surface area contributed by atoms with Gasteiger partial charge >= 0.3 is 0 Å². The largest absolute Gasteiger partial charge is 0.756 e. The summed E-state index contributed by atoms with van der Waals surface area (Å²) in [5.41, 5.74) is 0. The molecular weight excluding hydrogens is 1070 g/mol. The van der Waals surface area contributed by atoms with Crippen molar-refractivity contribution in [3.63, 3.8) is 0 Å². The number of aliphatic hydroxyl groups excluding tert-OH is 1. The predicted molar refractivity (Wildman–Crippen MR) is 371 cm³/mol. The molecule has 0 fully saturated rings. The highest BCUT2D eigenvalue weighted by Gasteiger charge is 2.23. The molecule has 0 aromatic carbocycles. The summed E-state index contributed by atoms with van der Waals surface area (Å²) >= 11 is 0. The fourth-order valence-corrected chi connectivity index (χ4v) is 12.2. The number of allylic oxidation sites excluding steroid dienone is 7. The molecule has 0 saturated heterocycles. The van der Waals surface area contributed by atoms with Crippen LogP contribution in [0.15, 0.2) is 48.6 Å². The second-order valence-corrected chi connectivity index (χ2v) is 28.4. The third-order valence-corrected chi connectivity index (χ3v) is 18.2. The van der Waals surface area contributed by atoms with Crippen molar-refractivity contribution in [1.29, 1.82) is 0 Å². The summed E-state index contributed by atoms with van der Waals surface area (Å²) in [6.07, 6.45) is 91.3. The number of amides is 1. The maximum Gasteiger partial charge on any atom is 0.268 e. The maximum atomic E-state index is 13.0. The van der Waals surface area contributed by atoms with Crippen LogP contribution in [0.4, 0.5) is 0 Å². The summed E-state index contributed by atoms with van der Waals surface area (Å²) in [4.78, 5) is 25.6. The normalized spacial score (nSPS) is 13.8. The third-order valence-electron chi connectivity index (χ3n) is 17.3. The smallest absolute Gasteiger partial charge is 0.268 e. The maximum absolute atomic E-state index is 13.0. The number of nitrogens with zero attached hydrogens (tertiary/aromatic N) is 1. The number of unbranched alkanes of at least 4 members (excludes halogenated alkanes) is 51. The number of rotatable bonds is 70. The van der Waals surface area contributed by atoms with Gasteiger partial charge in [0, 0.05) is 6.42 Å². The molecule has 0 rings (SSSR count). The van der Waals surface area contributed by atoms with E-state index in [-0.39, 0.29) is 12.5 Å². The lowest BCUT2D eigenvalue weighted by Gasteiger charge is -2.29. The van der Waals surface area contributed by atoms with E-state index in [0.717, 1.165) is 44.9 Å². The molecule has 1 amide bonds. The van der Waals surface area contributed by atoms with E-state index in [2.05, 4.69) is 55.6 Å². The van der Waals surface area contributed by atoms with E-state index >= 15 is 0 Å². The molecule has 0 aromatic heterocycles. The molecule has 0 aliphatic carbocycles. The van der Waals surface area contributed by atoms with E-state index in [1.807, 2.05) is 27.2 Å². The Labute approximate surface area is 530 Å². The molecule has 85 heavy (non-hydrogen) atoms. The lowest BCUT2D eigenvalue weighted by molar-refractivity contribution is -0.870. The van der Waals surface area contributed by atoms with Gasteiger partial charge in [-0.15, -0.1) is 0 Å². The number of quaternary nitrogens is 1. The second-order valence-electron chi connectivity index (χ2n) is 27.0. The lowest BCUT2D eigenvalue weighted by Crippen LogP contribution is -2.45. The first-order valence-electron chi connectivity index (χ1n) is 37.5. The molecule has 0 heterocycles. The molecule has 0 saturated carbocycles. The highest BCUT2D eigenvalue weighted by molar-refractivity contribution is 7.45. The number of carbonyl (C=O) groups excluding carboxylic acids is 1. The zero-order chi connectivity index (χ0) is 61.9. The number of phosphoric acid groups is 1. The Hall–Kier alpha value is -1.54. The van der Waals surface area contributed by atoms with Crippen molar-refractivity contribution in [2.24, 2.45) is 0 Å². The molecule has 502 valence electrons. The van der Waals surface area contributed by atoms with Gasteiger partial charge in [-0.25, -0.2) is 0 Å². The zero-order valence-corrected chi connectivity index (χ0v) is 58.5. The summed E-state index contributed by atoms with van der Waals surface area (Å²) in [7, 11) is 1.26. The van der Waals surface area contributed by atoms with Crippen molar-refractivity contribution in [3.05, 3.63) is 48.6 Å². The minimum atomic E-state index is -4.61. The standard InChI is InChI=1S/C76H147N2O6P/c1-6-8-10-12-14-16-18-20-22-24-26-28-30-32-33-34-35-36-37-38-39-40-41-42-43-44-45-46-48-50-52-54-56-58-60-62-64-66-68-70-76(80)77-74(73-84-85(81,82)83-72-71-78(3,4)5)75(79)69-67-65-63-61-59-57-55-53-51-49-47-31-29-27-25-23-21-19-17-15-13-11-9-7-2/h35-36,38-39,59,61,67,69,74-75,79H,6-34,37,40-58,60,62-66,68,70-73H2,1-5H3,(H-,77,80,81,82)/b36-35-,39-38-,61-59+,69-67+. The van der Waals surface area contributed by atoms with Crippen LogP contribution < -0.4 is 10.2 Å². The van der Waals surface area contributed by atoms with Crippen molar-refractivity contribution in [3.8, 4) is 0 Å². The number of hydrogen-bond acceptors (Lipinski definition) is 6. The molecule has 0 radical (unpaired) electrons. The van der Waals surface area contributed by atoms with Crippen LogP contribution in [0.1, 0.15) is 380 Å². The van der Waals surface area contributed by atoms with Gasteiger partial charge in [0.1, 0.15) is 13.2 Å². The summed E-state index contributed by atoms with van der Waals surface area (Å²) in [5.74, 6) is -0.201. The van der Waals surface area contributed by atoms with Gasteiger partial charge in [-0.1, -0.05) is 358 Å². The summed E-state index contributed by atoms with van der Waals surface area (Å²) < 4.78 is 23.5. The summed E-state index contributed by atoms with van der Waals surface area (Å²) in [6.45, 7) is 4.69. The molecule has 0 aromatic rings. The molecule has 9 heteroatoms. The van der Waals surface area contributed by atoms with E-state index in [9.17, 15) is 19.4 Å². The van der Waals surface area contributed by atoms with E-state index in [1.54, 1.807) is 6.08 Å². The van der Waals surface area contributed by atoms with Crippen LogP contribution in [0.2, 0.25) is 0 Å². The SMILES string of the molecule is CCCCCCCCCCCCCCCCC/C=C\C/C=C\CCCCCCCCCCCCCCCCCCCC(=O)NC(COP(=O)([O-])OCC[N+](C)(C)C)C(O)/C=C/CC/C=C/CCCCCCCCCCCCCCCCCCCC. The minimum absolute atomic E-state index is 0.00561. The molecule has 0 spiro atoms. The molecule has 0 aliphatic heterocycles. The van der Waals surface area contributed by atoms with Crippen LogP contribution in [0.25, 0.3) is 0 Å². The van der Waals surface area contributed by atoms with Gasteiger partial charge in [-0.3, -0.25) is 9.36 Å². The first-order chi connectivity index (χ1) is 41.5. The highest BCUT2D eigenvalue weighted by Crippen LogP contribution is 2.38. The van der Waals surface area contributed by atoms with Crippen LogP contribution in [0.3, 0.4) is 0 Å². The van der Waals surface area contributed by atoms with Gasteiger partial charge in [-0.05, 0) is 64.2 Å². The lowest BCUT2D eigenvalue weighted by atomic mass is 10.0. The Balaban J connectivity index is 3.99. The topological polar surface area (TPSA) is 108 Å². The van der Waals surface area contributed by atoms with Crippen LogP contribution in [-0.4, -0.2) is 68.5 Å². The number of nitrogens with one attached hydrogen (secondary N) is 1. The average molecular weight is 1220 g/mol. The first-order valence-corrected chi connectivity index (χ1v) is 39.0. The number of carbonyl (C=O) groups is 1. The molecule has 3 unspecified atom stereocenters. The predicted octanol–water partition coefficient (Wildman–Crippen LogP) is 23.5. The number of hydrogen-bond donors (Lipinski definition) is 2. The quantitative estimate of drug-likeness (QED) is 0.0272. The van der Waals surface area contributed by atoms with E-state index < -0.39 is 26.6 Å². The van der Waals surface area contributed by atoms with Crippen molar-refractivity contribution in [2.75, 3.05) is 40.9 Å². The summed E-state index contributed by atoms with van der Waals surface area (Å²) in [5, 5.41) is 14.0. The Morgan fingerprint density at radius 3 is 1.02 bits per heavy atom. The van der Waals surface area contributed by atoms with Crippen molar-refractivity contribution in [1.82, 2.24) is 5.32 Å². The van der Waals surface area contributed by atoms with Gasteiger partial charge in [-0.2, -0.15) is 0 Å². The van der Waals surface area contributed by atoms with E-state index in [0.29, 0.717) is 17.4 Å². The third kappa shape index (κ3) is 69.8. The molecular formula is C76H147N2O6P. The second kappa shape index (κ2) is 66.9. The number of likely N-dealkylation sites (N-methyl/N-ethyl adjacent to an activating group) is 1. The fraction of sp³-hybridized carbons (Fsp3) is 0.882. The minimum Gasteiger partial charge on any atom is -0.756 e. The Bertz CT molecular complexity index is 1530. The molecule has 0 bridgehead atoms. The van der Waals surface area contributed by atoms with Gasteiger partial charge in [0.05, 0.1) is 39.9 Å². The zero-order valence-electron chi connectivity index (χ0n) is 57.6. The first kappa shape index (κ1) is 83.5. The molecule has 0 aliphatic rings. The van der Waals surface area contributed by atoms with E-state index in [4.69, 9.17) is 9.05 Å². The van der Waals surface area contributed by atoms with E-state index in [1.165, 1.54) is 315 Å². The fourth-order valence-electron chi connectivity index (χ4n) is 11.4. The molecule has 3 atom stereocenters. The Kier molecular flexibility index (Phi) is 65.7. The van der Waals surface area contributed by atoms with Crippen LogP contribution in [-0.2, 0) is 18.4 Å². The van der Waals surface area contributed by atoms with Gasteiger partial charge in [0.15, 0.2) is 0 Å². The van der Waals surface area contributed by atoms with Crippen molar-refractivity contribution in [2.45, 2.75) is 392 Å². The monoisotopic (exact) mass is 1220 g/mol. The van der Waals surface area contributed by atoms with Crippen LogP contribution in [0, 0.1) is 0 Å². The van der Waals surface area contributed by atoms with Gasteiger partial charge in [0.2, 0.25) is 5.91 Å². The average Bonchev–Trinajstić information content (AvgIpc) is 3.49. The number of phosphoric ester groups is 1. The Morgan fingerprint density at radius 2 is 0.694 bits per heavy atom. The molecule has 8 nitrogen and oxygen atoms in total. The van der Waals surface area contributed by atoms with Crippen LogP contribution >= 0.6 is 7.82 Å². The van der Waals surface area contributed by atoms with Crippen LogP contribution in [0.5, 0.6) is 0 Å². The number of aliphatic hydroxyl groups is 1. The molecule has 2 N–H and O–H groups in total. The highest BCUT2D eigenvalue weighted by atomic mass is 31.2. The van der Waals surface area contributed by atoms with Gasteiger partial charge < -0.3 is 28.8 Å². The Morgan fingerprint density at radius 1 is 0.412 bits per heavy atom. The van der Waals surface area contributed by atoms with Crippen molar-refractivity contribution < 1.29 is 32.9 Å².